The predicted molar refractivity (Wildman–Crippen MR) is 247 cm³/mol. The Morgan fingerprint density at radius 2 is 1.37 bits per heavy atom. The summed E-state index contributed by atoms with van der Waals surface area (Å²) < 4.78 is 11.0. The van der Waals surface area contributed by atoms with Gasteiger partial charge in [-0.2, -0.15) is 0 Å². The van der Waals surface area contributed by atoms with Gasteiger partial charge in [0.1, 0.15) is 67.3 Å². The summed E-state index contributed by atoms with van der Waals surface area (Å²) in [5.41, 5.74) is 1.40. The second-order valence-corrected chi connectivity index (χ2v) is 18.2. The molecule has 0 spiro atoms. The zero-order chi connectivity index (χ0) is 50.4. The Balaban J connectivity index is 1.67. The van der Waals surface area contributed by atoms with E-state index in [0.717, 1.165) is 10.5 Å². The molecule has 0 aromatic heterocycles. The fourth-order valence-corrected chi connectivity index (χ4v) is 7.86. The van der Waals surface area contributed by atoms with Crippen molar-refractivity contribution in [2.45, 2.75) is 155 Å². The molecule has 2 aliphatic rings. The molecule has 2 saturated heterocycles. The minimum absolute atomic E-state index is 0.00103. The highest BCUT2D eigenvalue weighted by atomic mass is 16.6. The van der Waals surface area contributed by atoms with Gasteiger partial charge in [-0.3, -0.25) is 33.6 Å². The number of amides is 8. The van der Waals surface area contributed by atoms with Gasteiger partial charge < -0.3 is 56.3 Å². The number of benzene rings is 2. The van der Waals surface area contributed by atoms with Gasteiger partial charge in [0.15, 0.2) is 0 Å². The van der Waals surface area contributed by atoms with E-state index in [1.54, 1.807) is 81.4 Å². The number of nitrogens with zero attached hydrogens (tertiary/aromatic N) is 2. The van der Waals surface area contributed by atoms with E-state index in [4.69, 9.17) is 9.47 Å². The maximum Gasteiger partial charge on any atom is 0.408 e. The van der Waals surface area contributed by atoms with Crippen LogP contribution in [0, 0.1) is 11.8 Å². The zero-order valence-electron chi connectivity index (χ0n) is 40.3. The maximum atomic E-state index is 14.7. The molecule has 2 fully saturated rings. The number of rotatable bonds is 13. The lowest BCUT2D eigenvalue weighted by molar-refractivity contribution is -0.166. The lowest BCUT2D eigenvalue weighted by atomic mass is 9.94. The summed E-state index contributed by atoms with van der Waals surface area (Å²) in [6.45, 7) is 12.5. The molecule has 0 aliphatic carbocycles. The smallest absolute Gasteiger partial charge is 0.408 e. The first-order valence-electron chi connectivity index (χ1n) is 23.1. The third kappa shape index (κ3) is 14.7. The van der Waals surface area contributed by atoms with Gasteiger partial charge in [-0.15, -0.1) is 0 Å². The Morgan fingerprint density at radius 1 is 0.765 bits per heavy atom. The Morgan fingerprint density at radius 3 is 1.96 bits per heavy atom. The van der Waals surface area contributed by atoms with Crippen molar-refractivity contribution in [3.63, 3.8) is 0 Å². The summed E-state index contributed by atoms with van der Waals surface area (Å²) in [5, 5.41) is 26.7. The van der Waals surface area contributed by atoms with E-state index < -0.39 is 120 Å². The van der Waals surface area contributed by atoms with Gasteiger partial charge in [0.25, 0.3) is 0 Å². The molecule has 0 saturated carbocycles. The van der Waals surface area contributed by atoms with E-state index in [2.05, 4.69) is 31.9 Å². The van der Waals surface area contributed by atoms with Crippen LogP contribution in [0.4, 0.5) is 4.79 Å². The maximum absolute atomic E-state index is 14.7. The molecule has 2 aromatic rings. The van der Waals surface area contributed by atoms with Crippen LogP contribution in [0.3, 0.4) is 0 Å². The van der Waals surface area contributed by atoms with Crippen molar-refractivity contribution in [2.75, 3.05) is 7.05 Å². The molecular formula is C48H68N8O12. The molecule has 68 heavy (non-hydrogen) atoms. The Labute approximate surface area is 397 Å². The summed E-state index contributed by atoms with van der Waals surface area (Å²) in [4.78, 5) is 127. The van der Waals surface area contributed by atoms with Crippen LogP contribution in [0.25, 0.3) is 0 Å². The summed E-state index contributed by atoms with van der Waals surface area (Å²) >= 11 is 0. The van der Waals surface area contributed by atoms with Gasteiger partial charge in [-0.05, 0) is 69.4 Å². The second kappa shape index (κ2) is 25.0. The van der Waals surface area contributed by atoms with Crippen molar-refractivity contribution in [1.82, 2.24) is 41.7 Å². The second-order valence-electron chi connectivity index (χ2n) is 18.2. The van der Waals surface area contributed by atoms with Crippen LogP contribution in [-0.2, 0) is 60.9 Å². The average Bonchev–Trinajstić information content (AvgIpc) is 3.29. The van der Waals surface area contributed by atoms with Crippen LogP contribution >= 0.6 is 0 Å². The van der Waals surface area contributed by atoms with Crippen molar-refractivity contribution < 1.29 is 57.7 Å². The number of aliphatic hydroxyl groups is 1. The number of alkyl carbamates (subject to hydrolysis) is 1. The SMILES string of the molecule is CC[C@@H]1NC(=O)[C@@H](NC(=O)[C@H](C)NC(=O)C(C)NC(=O)OCc2ccccc2)[C@@H](C)OC(=O)[C@H](C(C)C)NC(=O)[C@H](Cc2ccccc2)N(C)C(=O)[C@H](CC(C)C)N2C(=O)[C@H](CC[C@H]2O)NC1=O. The van der Waals surface area contributed by atoms with E-state index in [0.29, 0.717) is 5.56 Å². The third-order valence-electron chi connectivity index (χ3n) is 11.9. The number of nitrogens with one attached hydrogen (secondary N) is 6. The number of aliphatic hydroxyl groups excluding tert-OH is 1. The summed E-state index contributed by atoms with van der Waals surface area (Å²) in [6, 6.07) is 7.14. The highest BCUT2D eigenvalue weighted by Crippen LogP contribution is 2.26. The minimum Gasteiger partial charge on any atom is -0.458 e. The zero-order valence-corrected chi connectivity index (χ0v) is 40.3. The van der Waals surface area contributed by atoms with Crippen LogP contribution in [0.5, 0.6) is 0 Å². The van der Waals surface area contributed by atoms with Crippen molar-refractivity contribution >= 4 is 53.4 Å². The number of hydrogen-bond donors (Lipinski definition) is 7. The van der Waals surface area contributed by atoms with E-state index >= 15 is 0 Å². The highest BCUT2D eigenvalue weighted by molar-refractivity contribution is 5.98. The number of ether oxygens (including phenoxy) is 2. The van der Waals surface area contributed by atoms with Crippen LogP contribution in [0.2, 0.25) is 0 Å². The fourth-order valence-electron chi connectivity index (χ4n) is 7.86. The normalized spacial score (nSPS) is 25.4. The quantitative estimate of drug-likeness (QED) is 0.140. The van der Waals surface area contributed by atoms with Gasteiger partial charge >= 0.3 is 12.1 Å². The fraction of sp³-hybridized carbons (Fsp3) is 0.562. The summed E-state index contributed by atoms with van der Waals surface area (Å²) in [5.74, 6) is -7.36. The molecule has 2 heterocycles. The molecule has 0 radical (unpaired) electrons. The number of likely N-dealkylation sites (N-methyl/N-ethyl adjacent to an activating group) is 1. The average molecular weight is 949 g/mol. The van der Waals surface area contributed by atoms with Gasteiger partial charge in [-0.1, -0.05) is 95.3 Å². The number of fused-ring (bicyclic) bond motifs is 2. The third-order valence-corrected chi connectivity index (χ3v) is 11.9. The van der Waals surface area contributed by atoms with Crippen LogP contribution < -0.4 is 31.9 Å². The molecule has 20 heteroatoms. The van der Waals surface area contributed by atoms with Crippen molar-refractivity contribution in [1.29, 1.82) is 0 Å². The van der Waals surface area contributed by atoms with Crippen molar-refractivity contribution in [3.8, 4) is 0 Å². The Kier molecular flexibility index (Phi) is 19.9. The molecule has 1 unspecified atom stereocenters. The predicted octanol–water partition coefficient (Wildman–Crippen LogP) is 1.18. The number of piperidine rings is 1. The summed E-state index contributed by atoms with van der Waals surface area (Å²) in [7, 11) is 1.41. The topological polar surface area (TPSA) is 271 Å². The van der Waals surface area contributed by atoms with Crippen LogP contribution in [-0.4, -0.2) is 136 Å². The number of carbonyl (C=O) groups excluding carboxylic acids is 9. The van der Waals surface area contributed by atoms with E-state index in [1.165, 1.54) is 32.7 Å². The van der Waals surface area contributed by atoms with Crippen molar-refractivity contribution in [3.05, 3.63) is 71.8 Å². The van der Waals surface area contributed by atoms with E-state index in [1.807, 2.05) is 13.8 Å². The molecular weight excluding hydrogens is 881 g/mol. The standard InChI is InChI=1S/C48H68N8O12/c1-10-33-42(60)52-34-21-22-37(57)56(45(34)63)36(23-26(2)3)46(64)55(9)35(24-31-17-13-11-14-18-31)43(61)53-38(27(4)5)47(65)68-30(8)39(44(62)51-33)54-41(59)28(6)49-40(58)29(7)50-48(66)67-25-32-19-15-12-16-20-32/h11-20,26-30,33-39,57H,10,21-25H2,1-9H3,(H,49,58)(H,50,66)(H,51,62)(H,52,60)(H,53,61)(H,54,59)/t28-,29?,30+,33-,34-,35-,36-,37+,38-,39-/m0/s1. The number of esters is 1. The first kappa shape index (κ1) is 54.0. The highest BCUT2D eigenvalue weighted by Gasteiger charge is 2.46. The molecule has 4 rings (SSSR count). The van der Waals surface area contributed by atoms with Gasteiger partial charge in [-0.25, -0.2) is 9.59 Å². The Bertz CT molecular complexity index is 2110. The monoisotopic (exact) mass is 948 g/mol. The molecule has 7 N–H and O–H groups in total. The van der Waals surface area contributed by atoms with Crippen LogP contribution in [0.15, 0.2) is 60.7 Å². The first-order chi connectivity index (χ1) is 32.1. The molecule has 2 aromatic carbocycles. The molecule has 2 aliphatic heterocycles. The number of hydrogen-bond acceptors (Lipinski definition) is 12. The van der Waals surface area contributed by atoms with E-state index in [9.17, 15) is 48.3 Å². The first-order valence-corrected chi connectivity index (χ1v) is 23.1. The Hall–Kier alpha value is -6.57. The molecule has 20 nitrogen and oxygen atoms in total. The summed E-state index contributed by atoms with van der Waals surface area (Å²) in [6.07, 6.45) is -3.70. The molecule has 2 bridgehead atoms. The van der Waals surface area contributed by atoms with Gasteiger partial charge in [0.2, 0.25) is 41.4 Å². The van der Waals surface area contributed by atoms with Gasteiger partial charge in [0, 0.05) is 13.5 Å². The number of carbonyl (C=O) groups is 9. The molecule has 372 valence electrons. The molecule has 10 atom stereocenters. The largest absolute Gasteiger partial charge is 0.458 e. The number of cyclic esters (lactones) is 1. The van der Waals surface area contributed by atoms with Gasteiger partial charge in [0.05, 0.1) is 0 Å². The molecule has 8 amide bonds. The minimum atomic E-state index is -1.70. The van der Waals surface area contributed by atoms with E-state index in [-0.39, 0.29) is 44.6 Å². The van der Waals surface area contributed by atoms with Crippen LogP contribution in [0.1, 0.15) is 92.2 Å². The lowest BCUT2D eigenvalue weighted by Gasteiger charge is -2.43. The lowest BCUT2D eigenvalue weighted by Crippen LogP contribution is -2.65. The van der Waals surface area contributed by atoms with Crippen molar-refractivity contribution in [2.24, 2.45) is 11.8 Å².